The molecule has 10 aromatic rings. The van der Waals surface area contributed by atoms with E-state index in [-0.39, 0.29) is 37.5 Å². The zero-order valence-corrected chi connectivity index (χ0v) is 36.3. The van der Waals surface area contributed by atoms with Crippen molar-refractivity contribution in [1.29, 1.82) is 0 Å². The Morgan fingerprint density at radius 2 is 1.30 bits per heavy atom. The molecule has 0 saturated heterocycles. The largest absolute Gasteiger partial charge is 0.501 e. The van der Waals surface area contributed by atoms with Crippen LogP contribution in [0.3, 0.4) is 0 Å². The average Bonchev–Trinajstić information content (AvgIpc) is 3.88. The number of imidazole rings is 1. The smallest absolute Gasteiger partial charge is 0.121 e. The molecule has 1 radical (unpaired) electrons. The van der Waals surface area contributed by atoms with Gasteiger partial charge in [0, 0.05) is 41.5 Å². The van der Waals surface area contributed by atoms with E-state index in [1.165, 1.54) is 39.7 Å². The third kappa shape index (κ3) is 7.87. The summed E-state index contributed by atoms with van der Waals surface area (Å²) >= 11 is 0. The van der Waals surface area contributed by atoms with Crippen molar-refractivity contribution in [3.8, 4) is 50.6 Å². The predicted octanol–water partition coefficient (Wildman–Crippen LogP) is 14.8. The fourth-order valence-corrected chi connectivity index (χ4v) is 7.86. The van der Waals surface area contributed by atoms with Crippen molar-refractivity contribution in [2.75, 3.05) is 0 Å². The van der Waals surface area contributed by atoms with Gasteiger partial charge in [-0.05, 0) is 93.7 Å². The third-order valence-corrected chi connectivity index (χ3v) is 10.8. The van der Waals surface area contributed by atoms with E-state index in [0.717, 1.165) is 61.2 Å². The summed E-state index contributed by atoms with van der Waals surface area (Å²) in [6.45, 7) is 7.05. The first-order valence-corrected chi connectivity index (χ1v) is 20.1. The molecule has 0 N–H and O–H groups in total. The summed E-state index contributed by atoms with van der Waals surface area (Å²) in [5, 5.41) is 2.15. The van der Waals surface area contributed by atoms with Gasteiger partial charge in [0.25, 0.3) is 0 Å². The zero-order valence-electron chi connectivity index (χ0n) is 36.9. The number of nitrogens with zero attached hydrogens (tertiary/aromatic N) is 3. The Labute approximate surface area is 370 Å². The van der Waals surface area contributed by atoms with E-state index in [4.69, 9.17) is 13.5 Å². The van der Waals surface area contributed by atoms with Gasteiger partial charge in [0.2, 0.25) is 0 Å². The van der Waals surface area contributed by atoms with Crippen LogP contribution in [0.2, 0.25) is 0 Å². The minimum Gasteiger partial charge on any atom is -0.501 e. The number of furan rings is 1. The molecule has 0 unspecified atom stereocenters. The quantitative estimate of drug-likeness (QED) is 0.150. The molecule has 0 bridgehead atoms. The van der Waals surface area contributed by atoms with E-state index in [1.54, 1.807) is 18.2 Å². The molecule has 0 fully saturated rings. The number of para-hydroxylation sites is 2. The summed E-state index contributed by atoms with van der Waals surface area (Å²) < 4.78 is 30.8. The van der Waals surface area contributed by atoms with Gasteiger partial charge in [0.05, 0.1) is 22.4 Å². The van der Waals surface area contributed by atoms with Crippen LogP contribution in [0.15, 0.2) is 174 Å². The molecule has 0 aliphatic carbocycles. The van der Waals surface area contributed by atoms with Gasteiger partial charge in [0.15, 0.2) is 0 Å². The summed E-state index contributed by atoms with van der Waals surface area (Å²) in [6.07, 6.45) is 1.39. The molecule has 3 heterocycles. The van der Waals surface area contributed by atoms with Crippen LogP contribution in [-0.4, -0.2) is 14.5 Å². The molecule has 0 aliphatic heterocycles. The number of pyridine rings is 1. The van der Waals surface area contributed by atoms with Crippen LogP contribution in [0.25, 0.3) is 83.6 Å². The molecule has 297 valence electrons. The van der Waals surface area contributed by atoms with Crippen molar-refractivity contribution in [2.45, 2.75) is 46.4 Å². The van der Waals surface area contributed by atoms with Crippen LogP contribution in [0.5, 0.6) is 0 Å². The van der Waals surface area contributed by atoms with Gasteiger partial charge in [-0.3, -0.25) is 4.98 Å². The van der Waals surface area contributed by atoms with E-state index in [0.29, 0.717) is 0 Å². The maximum Gasteiger partial charge on any atom is 0.121 e. The maximum atomic E-state index is 7.23. The molecule has 5 heteroatoms. The zero-order chi connectivity index (χ0) is 43.0. The van der Waals surface area contributed by atoms with Crippen LogP contribution >= 0.6 is 0 Å². The number of aryl methyl sites for hydroxylation is 1. The van der Waals surface area contributed by atoms with Crippen molar-refractivity contribution in [3.63, 3.8) is 0 Å². The Kier molecular flexibility index (Phi) is 10.7. The van der Waals surface area contributed by atoms with Crippen molar-refractivity contribution < 1.29 is 28.6 Å². The minimum atomic E-state index is -2.09. The van der Waals surface area contributed by atoms with Crippen molar-refractivity contribution in [2.24, 2.45) is 0 Å². The van der Waals surface area contributed by atoms with Crippen LogP contribution in [-0.2, 0) is 20.1 Å². The summed E-state index contributed by atoms with van der Waals surface area (Å²) in [4.78, 5) is 9.42. The summed E-state index contributed by atoms with van der Waals surface area (Å²) in [7, 11) is 0. The van der Waals surface area contributed by atoms with E-state index in [2.05, 4.69) is 165 Å². The summed E-state index contributed by atoms with van der Waals surface area (Å²) in [6, 6.07) is 62.3. The fraction of sp³-hybridized carbons (Fsp3) is 0.127. The summed E-state index contributed by atoms with van der Waals surface area (Å²) in [5.41, 5.74) is 14.9. The first-order valence-electron chi connectivity index (χ1n) is 21.6. The number of rotatable bonds is 7. The molecule has 7 aromatic carbocycles. The van der Waals surface area contributed by atoms with Crippen LogP contribution in [0, 0.1) is 19.0 Å². The van der Waals surface area contributed by atoms with E-state index in [9.17, 15) is 0 Å². The number of aromatic nitrogens is 3. The standard InChI is InChI=1S/C43H35N2O.C12H10N.Ir/c1-27(2)36-24-32(30-16-9-6-10-17-30)25-37(28(3)4)41(36)45-39-21-12-11-20-38(39)44-43(45)35-19-13-18-34-33-23-22-31(26-40(33)46-42(34)35)29-14-7-5-8-15-29;1-10-7-8-12(13-9-10)11-5-3-2-4-6-11;/h5-18,20-28H,1-4H3;2-5,7-9H,1H3;/q2*-1;/i;1D3;. The molecular weight excluding hydrogens is 911 g/mol. The second-order valence-corrected chi connectivity index (χ2v) is 15.4. The Hall–Kier alpha value is -6.39. The minimum absolute atomic E-state index is 0. The van der Waals surface area contributed by atoms with E-state index in [1.807, 2.05) is 30.3 Å². The first-order chi connectivity index (χ1) is 30.0. The SMILES string of the molecule is CC(C)c1cc(-c2ccccc2)cc(C(C)C)c1-n1c(-c2[c-]ccc3c2oc2cc(-c4ccccc4)ccc23)nc2ccccc21.[2H]C([2H])([2H])c1ccc(-c2[c-]cccc2)nc1.[Ir]. The third-order valence-electron chi connectivity index (χ3n) is 10.8. The van der Waals surface area contributed by atoms with Crippen molar-refractivity contribution >= 4 is 33.0 Å². The van der Waals surface area contributed by atoms with Gasteiger partial charge in [-0.25, -0.2) is 0 Å². The van der Waals surface area contributed by atoms with Crippen LogP contribution in [0.1, 0.15) is 60.3 Å². The average molecular weight is 959 g/mol. The van der Waals surface area contributed by atoms with Gasteiger partial charge in [-0.2, -0.15) is 0 Å². The molecule has 4 nitrogen and oxygen atoms in total. The Bertz CT molecular complexity index is 3130. The van der Waals surface area contributed by atoms with Crippen LogP contribution in [0.4, 0.5) is 0 Å². The normalized spacial score (nSPS) is 12.2. The number of fused-ring (bicyclic) bond motifs is 4. The fourth-order valence-electron chi connectivity index (χ4n) is 7.86. The van der Waals surface area contributed by atoms with Crippen molar-refractivity contribution in [1.82, 2.24) is 14.5 Å². The van der Waals surface area contributed by atoms with Gasteiger partial charge in [-0.1, -0.05) is 136 Å². The van der Waals surface area contributed by atoms with E-state index >= 15 is 0 Å². The maximum absolute atomic E-state index is 7.23. The molecule has 60 heavy (non-hydrogen) atoms. The molecular formula is C55H45IrN3O-2. The van der Waals surface area contributed by atoms with Crippen LogP contribution < -0.4 is 0 Å². The monoisotopic (exact) mass is 959 g/mol. The van der Waals surface area contributed by atoms with E-state index < -0.39 is 6.85 Å². The van der Waals surface area contributed by atoms with Gasteiger partial charge >= 0.3 is 0 Å². The second kappa shape index (κ2) is 17.5. The molecule has 0 amide bonds. The molecule has 0 atom stereocenters. The second-order valence-electron chi connectivity index (χ2n) is 15.4. The Balaban J connectivity index is 0.000000271. The number of hydrogen-bond donors (Lipinski definition) is 0. The van der Waals surface area contributed by atoms with Gasteiger partial charge < -0.3 is 14.0 Å². The van der Waals surface area contributed by atoms with Gasteiger partial charge in [-0.15, -0.1) is 54.1 Å². The van der Waals surface area contributed by atoms with Gasteiger partial charge in [0.1, 0.15) is 5.58 Å². The Morgan fingerprint density at radius 3 is 1.95 bits per heavy atom. The molecule has 3 aromatic heterocycles. The Morgan fingerprint density at radius 1 is 0.617 bits per heavy atom. The molecule has 0 saturated carbocycles. The van der Waals surface area contributed by atoms with Crippen molar-refractivity contribution in [3.05, 3.63) is 199 Å². The molecule has 0 aliphatic rings. The summed E-state index contributed by atoms with van der Waals surface area (Å²) in [5.74, 6) is 1.41. The molecule has 0 spiro atoms. The predicted molar refractivity (Wildman–Crippen MR) is 245 cm³/mol. The molecule has 10 rings (SSSR count). The topological polar surface area (TPSA) is 43.9 Å². The first kappa shape index (κ1) is 36.7. The number of hydrogen-bond acceptors (Lipinski definition) is 3. The number of benzene rings is 7.